The Balaban J connectivity index is 2.18. The van der Waals surface area contributed by atoms with Crippen LogP contribution in [0.4, 0.5) is 0 Å². The van der Waals surface area contributed by atoms with Gasteiger partial charge in [0, 0.05) is 6.54 Å². The van der Waals surface area contributed by atoms with Crippen LogP contribution in [0.3, 0.4) is 0 Å². The first-order chi connectivity index (χ1) is 11.1. The molecule has 0 aliphatic rings. The van der Waals surface area contributed by atoms with E-state index in [9.17, 15) is 9.59 Å². The smallest absolute Gasteiger partial charge is 0.266 e. The van der Waals surface area contributed by atoms with E-state index in [0.717, 1.165) is 24.8 Å². The van der Waals surface area contributed by atoms with E-state index in [1.54, 1.807) is 0 Å². The van der Waals surface area contributed by atoms with Crippen LogP contribution in [0, 0.1) is 0 Å². The number of benzene rings is 1. The fraction of sp³-hybridized carbons (Fsp3) is 0.471. The molecule has 5 nitrogen and oxygen atoms in total. The van der Waals surface area contributed by atoms with Crippen molar-refractivity contribution in [1.82, 2.24) is 14.3 Å². The third-order valence-corrected chi connectivity index (χ3v) is 4.24. The van der Waals surface area contributed by atoms with Crippen molar-refractivity contribution in [2.24, 2.45) is 0 Å². The predicted molar refractivity (Wildman–Crippen MR) is 94.8 cm³/mol. The standard InChI is InChI=1S/C17H22BrN3O2/c1-2-3-4-5-9-12-21-17(23)20(16(22)15(18)19-21)13-14-10-7-6-8-11-14/h6-8,10-11H,2-5,9,12-13H2,1H3. The summed E-state index contributed by atoms with van der Waals surface area (Å²) in [6.07, 6.45) is 5.52. The molecule has 0 bridgehead atoms. The highest BCUT2D eigenvalue weighted by molar-refractivity contribution is 9.10. The van der Waals surface area contributed by atoms with Gasteiger partial charge in [0.15, 0.2) is 4.60 Å². The van der Waals surface area contributed by atoms with Crippen LogP contribution in [-0.2, 0) is 13.1 Å². The number of aromatic nitrogens is 3. The maximum Gasteiger partial charge on any atom is 0.347 e. The zero-order valence-electron chi connectivity index (χ0n) is 13.4. The largest absolute Gasteiger partial charge is 0.347 e. The van der Waals surface area contributed by atoms with E-state index in [0.29, 0.717) is 6.54 Å². The molecule has 0 atom stereocenters. The average molecular weight is 380 g/mol. The first-order valence-electron chi connectivity index (χ1n) is 8.05. The van der Waals surface area contributed by atoms with Crippen molar-refractivity contribution >= 4 is 15.9 Å². The van der Waals surface area contributed by atoms with E-state index in [2.05, 4.69) is 28.0 Å². The highest BCUT2D eigenvalue weighted by atomic mass is 79.9. The molecule has 0 radical (unpaired) electrons. The van der Waals surface area contributed by atoms with Crippen LogP contribution in [-0.4, -0.2) is 14.3 Å². The van der Waals surface area contributed by atoms with Crippen LogP contribution >= 0.6 is 15.9 Å². The van der Waals surface area contributed by atoms with Crippen LogP contribution in [0.25, 0.3) is 0 Å². The molecule has 0 unspecified atom stereocenters. The van der Waals surface area contributed by atoms with Gasteiger partial charge in [0.2, 0.25) is 0 Å². The topological polar surface area (TPSA) is 56.9 Å². The third kappa shape index (κ3) is 4.89. The number of hydrogen-bond donors (Lipinski definition) is 0. The van der Waals surface area contributed by atoms with Gasteiger partial charge in [-0.05, 0) is 27.9 Å². The zero-order valence-corrected chi connectivity index (χ0v) is 15.0. The van der Waals surface area contributed by atoms with Crippen molar-refractivity contribution < 1.29 is 0 Å². The summed E-state index contributed by atoms with van der Waals surface area (Å²) in [5.74, 6) is 0. The fourth-order valence-electron chi connectivity index (χ4n) is 2.45. The third-order valence-electron chi connectivity index (χ3n) is 3.74. The van der Waals surface area contributed by atoms with E-state index in [4.69, 9.17) is 0 Å². The molecular weight excluding hydrogens is 358 g/mol. The minimum atomic E-state index is -0.388. The lowest BCUT2D eigenvalue weighted by atomic mass is 10.1. The summed E-state index contributed by atoms with van der Waals surface area (Å²) in [6.45, 7) is 2.97. The van der Waals surface area contributed by atoms with E-state index >= 15 is 0 Å². The Bertz CT molecular complexity index is 738. The molecule has 6 heteroatoms. The quantitative estimate of drug-likeness (QED) is 0.661. The summed E-state index contributed by atoms with van der Waals surface area (Å²) >= 11 is 3.17. The molecule has 1 heterocycles. The lowest BCUT2D eigenvalue weighted by Gasteiger charge is -2.10. The minimum Gasteiger partial charge on any atom is -0.266 e. The molecule has 0 fully saturated rings. The summed E-state index contributed by atoms with van der Waals surface area (Å²) in [5, 5.41) is 4.08. The minimum absolute atomic E-state index is 0.182. The van der Waals surface area contributed by atoms with Crippen LogP contribution in [0.2, 0.25) is 0 Å². The van der Waals surface area contributed by atoms with E-state index in [-0.39, 0.29) is 22.4 Å². The molecule has 0 N–H and O–H groups in total. The Labute approximate surface area is 144 Å². The molecule has 2 rings (SSSR count). The van der Waals surface area contributed by atoms with Crippen molar-refractivity contribution in [3.8, 4) is 0 Å². The van der Waals surface area contributed by atoms with Gasteiger partial charge in [-0.3, -0.25) is 9.36 Å². The highest BCUT2D eigenvalue weighted by Gasteiger charge is 2.11. The Morgan fingerprint density at radius 1 is 1.04 bits per heavy atom. The van der Waals surface area contributed by atoms with Crippen LogP contribution in [0.1, 0.15) is 44.6 Å². The van der Waals surface area contributed by atoms with Crippen LogP contribution in [0.15, 0.2) is 44.5 Å². The molecule has 0 spiro atoms. The number of rotatable bonds is 8. The number of halogens is 1. The van der Waals surface area contributed by atoms with Crippen LogP contribution < -0.4 is 11.2 Å². The van der Waals surface area contributed by atoms with Crippen molar-refractivity contribution in [2.45, 2.75) is 52.1 Å². The monoisotopic (exact) mass is 379 g/mol. The van der Waals surface area contributed by atoms with Gasteiger partial charge in [-0.2, -0.15) is 5.10 Å². The van der Waals surface area contributed by atoms with Crippen LogP contribution in [0.5, 0.6) is 0 Å². The van der Waals surface area contributed by atoms with E-state index < -0.39 is 0 Å². The molecule has 1 aromatic heterocycles. The lowest BCUT2D eigenvalue weighted by Crippen LogP contribution is -2.42. The van der Waals surface area contributed by atoms with E-state index in [1.807, 2.05) is 30.3 Å². The second kappa shape index (κ2) is 8.82. The summed E-state index contributed by atoms with van der Waals surface area (Å²) in [6, 6.07) is 9.49. The number of nitrogens with zero attached hydrogens (tertiary/aromatic N) is 3. The molecule has 2 aromatic rings. The molecule has 0 saturated heterocycles. The molecule has 0 aliphatic heterocycles. The average Bonchev–Trinajstić information content (AvgIpc) is 2.57. The summed E-state index contributed by atoms with van der Waals surface area (Å²) in [5.41, 5.74) is 0.179. The molecule has 124 valence electrons. The van der Waals surface area contributed by atoms with Gasteiger partial charge < -0.3 is 0 Å². The van der Waals surface area contributed by atoms with Gasteiger partial charge in [0.05, 0.1) is 6.54 Å². The maximum absolute atomic E-state index is 12.5. The Hall–Kier alpha value is -1.69. The maximum atomic E-state index is 12.5. The second-order valence-corrected chi connectivity index (χ2v) is 6.34. The molecule has 0 saturated carbocycles. The Kier molecular flexibility index (Phi) is 6.77. The lowest BCUT2D eigenvalue weighted by molar-refractivity contribution is 0.468. The zero-order chi connectivity index (χ0) is 16.7. The first-order valence-corrected chi connectivity index (χ1v) is 8.84. The highest BCUT2D eigenvalue weighted by Crippen LogP contribution is 2.04. The molecular formula is C17H22BrN3O2. The summed E-state index contributed by atoms with van der Waals surface area (Å²) < 4.78 is 2.81. The normalized spacial score (nSPS) is 10.9. The van der Waals surface area contributed by atoms with E-state index in [1.165, 1.54) is 22.1 Å². The van der Waals surface area contributed by atoms with Crippen molar-refractivity contribution in [1.29, 1.82) is 0 Å². The molecule has 0 aliphatic carbocycles. The number of unbranched alkanes of at least 4 members (excludes halogenated alkanes) is 4. The predicted octanol–water partition coefficient (Wildman–Crippen LogP) is 3.19. The first kappa shape index (κ1) is 17.7. The van der Waals surface area contributed by atoms with Crippen molar-refractivity contribution in [3.05, 3.63) is 61.3 Å². The van der Waals surface area contributed by atoms with Crippen molar-refractivity contribution in [2.75, 3.05) is 0 Å². The number of hydrogen-bond acceptors (Lipinski definition) is 3. The Morgan fingerprint density at radius 2 is 1.74 bits per heavy atom. The summed E-state index contributed by atoms with van der Waals surface area (Å²) in [7, 11) is 0. The molecule has 1 aromatic carbocycles. The molecule has 0 amide bonds. The summed E-state index contributed by atoms with van der Waals surface area (Å²) in [4.78, 5) is 24.7. The Morgan fingerprint density at radius 3 is 2.43 bits per heavy atom. The second-order valence-electron chi connectivity index (χ2n) is 5.59. The van der Waals surface area contributed by atoms with Gasteiger partial charge in [-0.15, -0.1) is 0 Å². The van der Waals surface area contributed by atoms with Gasteiger partial charge in [-0.1, -0.05) is 62.9 Å². The molecule has 23 heavy (non-hydrogen) atoms. The van der Waals surface area contributed by atoms with Gasteiger partial charge in [0.1, 0.15) is 0 Å². The van der Waals surface area contributed by atoms with Gasteiger partial charge in [0.25, 0.3) is 5.56 Å². The SMILES string of the molecule is CCCCCCCn1nc(Br)c(=O)n(Cc2ccccc2)c1=O. The fourth-order valence-corrected chi connectivity index (χ4v) is 2.85. The van der Waals surface area contributed by atoms with Gasteiger partial charge in [-0.25, -0.2) is 9.48 Å². The van der Waals surface area contributed by atoms with Gasteiger partial charge >= 0.3 is 5.69 Å². The number of aryl methyl sites for hydroxylation is 1. The van der Waals surface area contributed by atoms with Crippen molar-refractivity contribution in [3.63, 3.8) is 0 Å².